The van der Waals surface area contributed by atoms with Gasteiger partial charge in [-0.2, -0.15) is 0 Å². The molecule has 5 rings (SSSR count). The van der Waals surface area contributed by atoms with Crippen LogP contribution < -0.4 is 15.0 Å². The molecule has 36 heavy (non-hydrogen) atoms. The van der Waals surface area contributed by atoms with Crippen LogP contribution in [0, 0.1) is 0 Å². The van der Waals surface area contributed by atoms with E-state index in [1.807, 2.05) is 32.0 Å². The van der Waals surface area contributed by atoms with Gasteiger partial charge in [-0.1, -0.05) is 0 Å². The summed E-state index contributed by atoms with van der Waals surface area (Å²) in [4.78, 5) is 24.2. The van der Waals surface area contributed by atoms with Gasteiger partial charge in [-0.25, -0.2) is 9.97 Å². The van der Waals surface area contributed by atoms with Gasteiger partial charge in [-0.05, 0) is 45.4 Å². The van der Waals surface area contributed by atoms with Gasteiger partial charge >= 0.3 is 0 Å². The summed E-state index contributed by atoms with van der Waals surface area (Å²) in [7, 11) is 3.21. The van der Waals surface area contributed by atoms with Gasteiger partial charge in [0.2, 0.25) is 0 Å². The first-order chi connectivity index (χ1) is 17.2. The molecule has 0 aliphatic carbocycles. The first-order valence-corrected chi connectivity index (χ1v) is 12.8. The van der Waals surface area contributed by atoms with E-state index >= 15 is 0 Å². The van der Waals surface area contributed by atoms with Gasteiger partial charge in [0.05, 0.1) is 63.2 Å². The number of benzene rings is 1. The van der Waals surface area contributed by atoms with Crippen LogP contribution >= 0.6 is 11.3 Å². The van der Waals surface area contributed by atoms with Crippen molar-refractivity contribution >= 4 is 31.8 Å². The SMILES string of the molecule is COc1ccc(Cn2cnc3c(sc4nc5c(c(COC(C)C)c43)COC(C)(C)C5)c2=O)c(OC)c1. The molecule has 3 aromatic heterocycles. The van der Waals surface area contributed by atoms with Gasteiger partial charge in [0.1, 0.15) is 21.0 Å². The summed E-state index contributed by atoms with van der Waals surface area (Å²) in [6.07, 6.45) is 2.38. The lowest BCUT2D eigenvalue weighted by Gasteiger charge is -2.32. The summed E-state index contributed by atoms with van der Waals surface area (Å²) < 4.78 is 25.2. The highest BCUT2D eigenvalue weighted by molar-refractivity contribution is 7.25. The fraction of sp³-hybridized carbons (Fsp3) is 0.444. The molecule has 4 aromatic rings. The predicted octanol–water partition coefficient (Wildman–Crippen LogP) is 4.85. The van der Waals surface area contributed by atoms with E-state index in [0.717, 1.165) is 32.6 Å². The predicted molar refractivity (Wildman–Crippen MR) is 140 cm³/mol. The lowest BCUT2D eigenvalue weighted by atomic mass is 9.92. The Balaban J connectivity index is 1.65. The van der Waals surface area contributed by atoms with E-state index in [4.69, 9.17) is 28.9 Å². The number of ether oxygens (including phenoxy) is 4. The quantitative estimate of drug-likeness (QED) is 0.352. The second kappa shape index (κ2) is 9.46. The lowest BCUT2D eigenvalue weighted by molar-refractivity contribution is -0.0424. The molecular weight excluding hydrogens is 478 g/mol. The van der Waals surface area contributed by atoms with Crippen molar-refractivity contribution < 1.29 is 18.9 Å². The van der Waals surface area contributed by atoms with Gasteiger partial charge in [-0.3, -0.25) is 9.36 Å². The van der Waals surface area contributed by atoms with Crippen molar-refractivity contribution in [2.45, 2.75) is 65.6 Å². The van der Waals surface area contributed by atoms with Crippen molar-refractivity contribution in [2.75, 3.05) is 14.2 Å². The zero-order chi connectivity index (χ0) is 25.6. The van der Waals surface area contributed by atoms with E-state index in [0.29, 0.717) is 47.9 Å². The Hall–Kier alpha value is -3.01. The van der Waals surface area contributed by atoms with Crippen molar-refractivity contribution in [1.82, 2.24) is 14.5 Å². The monoisotopic (exact) mass is 509 g/mol. The van der Waals surface area contributed by atoms with Crippen molar-refractivity contribution in [3.05, 3.63) is 57.3 Å². The molecule has 0 saturated carbocycles. The maximum atomic E-state index is 13.6. The Bertz CT molecular complexity index is 1510. The summed E-state index contributed by atoms with van der Waals surface area (Å²) in [5.41, 5.74) is 4.22. The first kappa shape index (κ1) is 24.7. The number of aromatic nitrogens is 3. The first-order valence-electron chi connectivity index (χ1n) is 12.0. The minimum absolute atomic E-state index is 0.0689. The fourth-order valence-electron chi connectivity index (χ4n) is 4.58. The Morgan fingerprint density at radius 1 is 1.22 bits per heavy atom. The topological polar surface area (TPSA) is 84.7 Å². The third kappa shape index (κ3) is 4.47. The number of fused-ring (bicyclic) bond motifs is 4. The largest absolute Gasteiger partial charge is 0.497 e. The van der Waals surface area contributed by atoms with Crippen LogP contribution in [0.1, 0.15) is 50.1 Å². The number of nitrogens with zero attached hydrogens (tertiary/aromatic N) is 3. The molecule has 0 unspecified atom stereocenters. The van der Waals surface area contributed by atoms with Crippen molar-refractivity contribution in [2.24, 2.45) is 0 Å². The average Bonchev–Trinajstić information content (AvgIpc) is 3.21. The molecule has 4 heterocycles. The maximum absolute atomic E-state index is 13.6. The van der Waals surface area contributed by atoms with Crippen LogP contribution in [0.5, 0.6) is 11.5 Å². The third-order valence-corrected chi connectivity index (χ3v) is 7.55. The molecule has 0 fully saturated rings. The highest BCUT2D eigenvalue weighted by atomic mass is 32.1. The van der Waals surface area contributed by atoms with E-state index in [2.05, 4.69) is 13.8 Å². The van der Waals surface area contributed by atoms with Crippen LogP contribution in [-0.4, -0.2) is 40.5 Å². The van der Waals surface area contributed by atoms with Gasteiger partial charge in [-0.15, -0.1) is 11.3 Å². The Morgan fingerprint density at radius 2 is 2.03 bits per heavy atom. The molecule has 1 aromatic carbocycles. The number of rotatable bonds is 7. The summed E-state index contributed by atoms with van der Waals surface area (Å²) in [6, 6.07) is 5.57. The number of hydrogen-bond acceptors (Lipinski definition) is 8. The second-order valence-electron chi connectivity index (χ2n) is 9.92. The summed E-state index contributed by atoms with van der Waals surface area (Å²) >= 11 is 1.40. The molecular formula is C27H31N3O5S. The number of methoxy groups -OCH3 is 2. The van der Waals surface area contributed by atoms with Crippen LogP contribution in [0.2, 0.25) is 0 Å². The Labute approximate surface area is 213 Å². The second-order valence-corrected chi connectivity index (χ2v) is 10.9. The molecule has 0 N–H and O–H groups in total. The van der Waals surface area contributed by atoms with Crippen LogP contribution in [0.4, 0.5) is 0 Å². The van der Waals surface area contributed by atoms with Gasteiger partial charge < -0.3 is 18.9 Å². The van der Waals surface area contributed by atoms with Crippen LogP contribution in [0.3, 0.4) is 0 Å². The van der Waals surface area contributed by atoms with Crippen molar-refractivity contribution in [1.29, 1.82) is 0 Å². The van der Waals surface area contributed by atoms with Gasteiger partial charge in [0.15, 0.2) is 0 Å². The fourth-order valence-corrected chi connectivity index (χ4v) is 5.71. The molecule has 0 atom stereocenters. The number of thiophene rings is 1. The Kier molecular flexibility index (Phi) is 6.48. The lowest BCUT2D eigenvalue weighted by Crippen LogP contribution is -2.33. The Morgan fingerprint density at radius 3 is 2.75 bits per heavy atom. The van der Waals surface area contributed by atoms with Crippen LogP contribution in [0.25, 0.3) is 20.4 Å². The van der Waals surface area contributed by atoms with Crippen molar-refractivity contribution in [3.8, 4) is 11.5 Å². The minimum atomic E-state index is -0.289. The molecule has 0 saturated heterocycles. The van der Waals surface area contributed by atoms with E-state index < -0.39 is 0 Å². The molecule has 9 heteroatoms. The minimum Gasteiger partial charge on any atom is -0.497 e. The molecule has 0 spiro atoms. The van der Waals surface area contributed by atoms with E-state index in [1.54, 1.807) is 25.1 Å². The highest BCUT2D eigenvalue weighted by Gasteiger charge is 2.31. The summed E-state index contributed by atoms with van der Waals surface area (Å²) in [5, 5.41) is 0.893. The molecule has 0 bridgehead atoms. The molecule has 190 valence electrons. The smallest absolute Gasteiger partial charge is 0.271 e. The molecule has 0 amide bonds. The van der Waals surface area contributed by atoms with Crippen molar-refractivity contribution in [3.63, 3.8) is 0 Å². The summed E-state index contributed by atoms with van der Waals surface area (Å²) in [5.74, 6) is 1.35. The van der Waals surface area contributed by atoms with E-state index in [-0.39, 0.29) is 17.3 Å². The van der Waals surface area contributed by atoms with E-state index in [9.17, 15) is 4.79 Å². The zero-order valence-corrected chi connectivity index (χ0v) is 22.3. The molecule has 8 nitrogen and oxygen atoms in total. The molecule has 0 radical (unpaired) electrons. The van der Waals surface area contributed by atoms with Gasteiger partial charge in [0.25, 0.3) is 5.56 Å². The van der Waals surface area contributed by atoms with Crippen LogP contribution in [-0.2, 0) is 35.7 Å². The highest BCUT2D eigenvalue weighted by Crippen LogP contribution is 2.38. The molecule has 1 aliphatic heterocycles. The average molecular weight is 510 g/mol. The van der Waals surface area contributed by atoms with E-state index in [1.165, 1.54) is 11.3 Å². The normalized spacial score (nSPS) is 15.0. The zero-order valence-electron chi connectivity index (χ0n) is 21.5. The number of pyridine rings is 1. The third-order valence-electron chi connectivity index (χ3n) is 6.49. The van der Waals surface area contributed by atoms with Crippen LogP contribution in [0.15, 0.2) is 29.3 Å². The van der Waals surface area contributed by atoms with Gasteiger partial charge in [0, 0.05) is 29.0 Å². The molecule has 1 aliphatic rings. The maximum Gasteiger partial charge on any atom is 0.271 e. The summed E-state index contributed by atoms with van der Waals surface area (Å²) in [6.45, 7) is 9.39. The standard InChI is InChI=1S/C27H31N3O5S/c1-15(2)34-12-19-18-13-35-27(3,4)10-20(18)29-25-22(19)23-24(36-25)26(31)30(14-28-23)11-16-7-8-17(32-5)9-21(16)33-6/h7-9,14-15H,10-13H2,1-6H3. The number of hydrogen-bond donors (Lipinski definition) is 0.